The zero-order valence-corrected chi connectivity index (χ0v) is 15.6. The maximum atomic E-state index is 13.1. The number of carbonyl (C=O) groups excluding carboxylic acids is 1. The smallest absolute Gasteiger partial charge is 0.278 e. The summed E-state index contributed by atoms with van der Waals surface area (Å²) < 4.78 is 77.8. The van der Waals surface area contributed by atoms with E-state index in [-0.39, 0.29) is 23.4 Å². The van der Waals surface area contributed by atoms with Crippen LogP contribution in [-0.4, -0.2) is 16.3 Å². The number of hydrogen-bond donors (Lipinski definition) is 0. The molecule has 1 amide bonds. The highest BCUT2D eigenvalue weighted by molar-refractivity contribution is 9.10. The van der Waals surface area contributed by atoms with Gasteiger partial charge in [0.2, 0.25) is 12.1 Å². The van der Waals surface area contributed by atoms with E-state index >= 15 is 0 Å². The van der Waals surface area contributed by atoms with Gasteiger partial charge in [-0.1, -0.05) is 15.9 Å². The molecule has 0 unspecified atom stereocenters. The fourth-order valence-corrected chi connectivity index (χ4v) is 2.89. The van der Waals surface area contributed by atoms with E-state index in [2.05, 4.69) is 15.9 Å². The second-order valence-corrected chi connectivity index (χ2v) is 6.37. The van der Waals surface area contributed by atoms with Gasteiger partial charge >= 0.3 is 23.7 Å². The highest BCUT2D eigenvalue weighted by Crippen LogP contribution is 2.46. The lowest BCUT2D eigenvalue weighted by Crippen LogP contribution is -2.19. The van der Waals surface area contributed by atoms with Crippen LogP contribution in [0.25, 0.3) is 0 Å². The molecule has 0 N–H and O–H groups in total. The van der Waals surface area contributed by atoms with Gasteiger partial charge in [0.1, 0.15) is 0 Å². The molecule has 0 saturated carbocycles. The minimum atomic E-state index is -5.21. The van der Waals surface area contributed by atoms with Gasteiger partial charge in [-0.3, -0.25) is 29.9 Å². The number of hydrogen-bond acceptors (Lipinski definition) is 5. The van der Waals surface area contributed by atoms with Crippen LogP contribution in [0, 0.1) is 20.2 Å². The van der Waals surface area contributed by atoms with Crippen molar-refractivity contribution < 1.29 is 41.0 Å². The van der Waals surface area contributed by atoms with Gasteiger partial charge in [-0.05, 0) is 18.2 Å². The third kappa shape index (κ3) is 4.50. The molecule has 160 valence electrons. The predicted octanol–water partition coefficient (Wildman–Crippen LogP) is 5.60. The molecule has 0 fully saturated rings. The molecule has 0 bridgehead atoms. The van der Waals surface area contributed by atoms with E-state index in [0.29, 0.717) is 6.07 Å². The molecular formula is C15H6BrF6N3O5. The average molecular weight is 502 g/mol. The Morgan fingerprint density at radius 3 is 1.77 bits per heavy atom. The Kier molecular flexibility index (Phi) is 6.06. The first kappa shape index (κ1) is 23.1. The quantitative estimate of drug-likeness (QED) is 0.229. The third-order valence-corrected chi connectivity index (χ3v) is 4.36. The van der Waals surface area contributed by atoms with Crippen LogP contribution in [0.4, 0.5) is 49.1 Å². The molecule has 0 aliphatic carbocycles. The van der Waals surface area contributed by atoms with Crippen molar-refractivity contribution in [3.8, 4) is 0 Å². The summed E-state index contributed by atoms with van der Waals surface area (Å²) in [7, 11) is 0. The van der Waals surface area contributed by atoms with Gasteiger partial charge in [0, 0.05) is 22.3 Å². The van der Waals surface area contributed by atoms with Gasteiger partial charge in [0.15, 0.2) is 0 Å². The summed E-state index contributed by atoms with van der Waals surface area (Å²) in [5.41, 5.74) is -8.01. The summed E-state index contributed by atoms with van der Waals surface area (Å²) >= 11 is 2.63. The molecule has 0 aromatic heterocycles. The molecule has 2 aromatic rings. The van der Waals surface area contributed by atoms with E-state index in [0.717, 1.165) is 12.1 Å². The van der Waals surface area contributed by atoms with E-state index in [4.69, 9.17) is 0 Å². The molecule has 0 aliphatic rings. The van der Waals surface area contributed by atoms with Crippen molar-refractivity contribution in [3.05, 3.63) is 66.2 Å². The molecule has 8 nitrogen and oxygen atoms in total. The van der Waals surface area contributed by atoms with E-state index < -0.39 is 60.5 Å². The zero-order valence-electron chi connectivity index (χ0n) is 14.0. The lowest BCUT2D eigenvalue weighted by atomic mass is 10.1. The minimum Gasteiger partial charge on any atom is -0.278 e. The molecule has 0 aliphatic heterocycles. The van der Waals surface area contributed by atoms with Crippen molar-refractivity contribution >= 4 is 45.1 Å². The monoisotopic (exact) mass is 501 g/mol. The van der Waals surface area contributed by atoms with Crippen LogP contribution < -0.4 is 4.90 Å². The van der Waals surface area contributed by atoms with Crippen LogP contribution in [0.15, 0.2) is 34.8 Å². The molecule has 0 saturated heterocycles. The SMILES string of the molecule is O=CN(c1ccc(Br)c(C(F)(F)F)c1)c1c([N+](=O)[O-])cc(C(F)(F)F)cc1[N+](=O)[O-]. The van der Waals surface area contributed by atoms with Crippen LogP contribution in [0.2, 0.25) is 0 Å². The van der Waals surface area contributed by atoms with E-state index in [1.807, 2.05) is 0 Å². The topological polar surface area (TPSA) is 107 Å². The Labute approximate surface area is 170 Å². The summed E-state index contributed by atoms with van der Waals surface area (Å²) in [6, 6.07) is 1.92. The van der Waals surface area contributed by atoms with Gasteiger partial charge in [-0.25, -0.2) is 0 Å². The number of rotatable bonds is 5. The molecule has 0 radical (unpaired) electrons. The number of anilines is 2. The largest absolute Gasteiger partial charge is 0.417 e. The van der Waals surface area contributed by atoms with Crippen molar-refractivity contribution in [1.29, 1.82) is 0 Å². The number of nitro groups is 2. The Bertz CT molecular complexity index is 1010. The number of amides is 1. The Morgan fingerprint density at radius 1 is 0.900 bits per heavy atom. The molecule has 30 heavy (non-hydrogen) atoms. The lowest BCUT2D eigenvalue weighted by Gasteiger charge is -2.20. The van der Waals surface area contributed by atoms with E-state index in [1.165, 1.54) is 0 Å². The number of alkyl halides is 6. The van der Waals surface area contributed by atoms with Gasteiger partial charge in [0.05, 0.1) is 21.0 Å². The predicted molar refractivity (Wildman–Crippen MR) is 92.1 cm³/mol. The number of halogens is 7. The maximum Gasteiger partial charge on any atom is 0.417 e. The van der Waals surface area contributed by atoms with Crippen molar-refractivity contribution in [2.45, 2.75) is 12.4 Å². The lowest BCUT2D eigenvalue weighted by molar-refractivity contribution is -0.392. The first-order chi connectivity index (χ1) is 13.7. The Hall–Kier alpha value is -3.23. The molecular weight excluding hydrogens is 496 g/mol. The molecule has 15 heteroatoms. The third-order valence-electron chi connectivity index (χ3n) is 3.67. The molecule has 0 spiro atoms. The van der Waals surface area contributed by atoms with Crippen molar-refractivity contribution in [2.24, 2.45) is 0 Å². The van der Waals surface area contributed by atoms with Crippen LogP contribution in [0.5, 0.6) is 0 Å². The van der Waals surface area contributed by atoms with Crippen molar-refractivity contribution in [1.82, 2.24) is 0 Å². The van der Waals surface area contributed by atoms with Crippen LogP contribution in [0.1, 0.15) is 11.1 Å². The van der Waals surface area contributed by atoms with Gasteiger partial charge in [-0.15, -0.1) is 0 Å². The van der Waals surface area contributed by atoms with Crippen LogP contribution >= 0.6 is 15.9 Å². The fourth-order valence-electron chi connectivity index (χ4n) is 2.42. The highest BCUT2D eigenvalue weighted by atomic mass is 79.9. The second-order valence-electron chi connectivity index (χ2n) is 5.51. The zero-order chi connectivity index (χ0) is 23.0. The molecule has 2 aromatic carbocycles. The van der Waals surface area contributed by atoms with Crippen LogP contribution in [0.3, 0.4) is 0 Å². The number of benzene rings is 2. The molecule has 0 heterocycles. The van der Waals surface area contributed by atoms with Gasteiger partial charge < -0.3 is 0 Å². The first-order valence-corrected chi connectivity index (χ1v) is 8.13. The summed E-state index contributed by atoms with van der Waals surface area (Å²) in [6.45, 7) is 0. The summed E-state index contributed by atoms with van der Waals surface area (Å²) in [6.07, 6.45) is -10.4. The average Bonchev–Trinajstić information content (AvgIpc) is 2.61. The normalized spacial score (nSPS) is 11.8. The maximum absolute atomic E-state index is 13.1. The molecule has 0 atom stereocenters. The van der Waals surface area contributed by atoms with E-state index in [9.17, 15) is 51.4 Å². The standard InChI is InChI=1S/C15H6BrF6N3O5/c16-10-2-1-8(5-9(10)15(20,21)22)23(6-26)13-11(24(27)28)3-7(14(17,18)19)4-12(13)25(29)30/h1-6H. The van der Waals surface area contributed by atoms with Crippen molar-refractivity contribution in [3.63, 3.8) is 0 Å². The number of nitrogens with zero attached hydrogens (tertiary/aromatic N) is 3. The fraction of sp³-hybridized carbons (Fsp3) is 0.133. The summed E-state index contributed by atoms with van der Waals surface area (Å²) in [5, 5.41) is 22.6. The molecule has 2 rings (SSSR count). The van der Waals surface area contributed by atoms with E-state index in [1.54, 1.807) is 0 Å². The summed E-state index contributed by atoms with van der Waals surface area (Å²) in [4.78, 5) is 31.4. The van der Waals surface area contributed by atoms with Gasteiger partial charge in [0.25, 0.3) is 0 Å². The van der Waals surface area contributed by atoms with Crippen molar-refractivity contribution in [2.75, 3.05) is 4.90 Å². The number of nitro benzene ring substituents is 2. The van der Waals surface area contributed by atoms with Gasteiger partial charge in [-0.2, -0.15) is 26.3 Å². The summed E-state index contributed by atoms with van der Waals surface area (Å²) in [5.74, 6) is 0. The number of carbonyl (C=O) groups is 1. The first-order valence-electron chi connectivity index (χ1n) is 7.33. The Morgan fingerprint density at radius 2 is 1.40 bits per heavy atom. The Balaban J connectivity index is 2.88. The second kappa shape index (κ2) is 7.89. The highest BCUT2D eigenvalue weighted by Gasteiger charge is 2.40. The minimum absolute atomic E-state index is 0.0532. The van der Waals surface area contributed by atoms with Crippen LogP contribution in [-0.2, 0) is 17.1 Å².